The first-order valence-electron chi connectivity index (χ1n) is 8.37. The van der Waals surface area contributed by atoms with E-state index in [9.17, 15) is 18.0 Å². The van der Waals surface area contributed by atoms with Crippen molar-refractivity contribution in [3.05, 3.63) is 29.8 Å². The maximum atomic E-state index is 12.5. The Morgan fingerprint density at radius 3 is 2.40 bits per heavy atom. The molecular weight excluding hydrogens is 344 g/mol. The van der Waals surface area contributed by atoms with Crippen molar-refractivity contribution in [2.45, 2.75) is 56.5 Å². The van der Waals surface area contributed by atoms with Crippen molar-refractivity contribution in [2.75, 3.05) is 0 Å². The minimum Gasteiger partial charge on any atom is -0.480 e. The van der Waals surface area contributed by atoms with E-state index in [1.165, 1.54) is 24.3 Å². The molecule has 1 atom stereocenters. The van der Waals surface area contributed by atoms with Crippen molar-refractivity contribution >= 4 is 21.9 Å². The fraction of sp³-hybridized carbons (Fsp3) is 0.529. The van der Waals surface area contributed by atoms with Gasteiger partial charge in [0, 0.05) is 11.6 Å². The second-order valence-corrected chi connectivity index (χ2v) is 8.38. The molecule has 1 aliphatic carbocycles. The van der Waals surface area contributed by atoms with Crippen LogP contribution in [0.25, 0.3) is 0 Å². The number of amides is 1. The van der Waals surface area contributed by atoms with E-state index in [0.717, 1.165) is 25.7 Å². The monoisotopic (exact) mass is 368 g/mol. The zero-order valence-electron chi connectivity index (χ0n) is 14.4. The van der Waals surface area contributed by atoms with Gasteiger partial charge in [-0.3, -0.25) is 4.79 Å². The SMILES string of the molecule is CC(C)C(NC(=O)c1cccc(S(=O)(=O)NC2CCCC2)c1)C(=O)O. The van der Waals surface area contributed by atoms with Gasteiger partial charge in [-0.15, -0.1) is 0 Å². The van der Waals surface area contributed by atoms with Crippen molar-refractivity contribution in [3.63, 3.8) is 0 Å². The summed E-state index contributed by atoms with van der Waals surface area (Å²) in [5.74, 6) is -2.04. The van der Waals surface area contributed by atoms with Crippen LogP contribution in [0.4, 0.5) is 0 Å². The number of aliphatic carboxylic acids is 1. The minimum absolute atomic E-state index is 0.00321. The third kappa shape index (κ3) is 5.02. The van der Waals surface area contributed by atoms with Crippen LogP contribution in [0.15, 0.2) is 29.2 Å². The lowest BCUT2D eigenvalue weighted by Gasteiger charge is -2.18. The largest absolute Gasteiger partial charge is 0.480 e. The van der Waals surface area contributed by atoms with Gasteiger partial charge in [-0.05, 0) is 37.0 Å². The average Bonchev–Trinajstić information content (AvgIpc) is 3.04. The van der Waals surface area contributed by atoms with Gasteiger partial charge in [0.05, 0.1) is 4.90 Å². The number of nitrogens with one attached hydrogen (secondary N) is 2. The van der Waals surface area contributed by atoms with E-state index in [1.807, 2.05) is 0 Å². The standard InChI is InChI=1S/C17H24N2O5S/c1-11(2)15(17(21)22)18-16(20)12-6-5-9-14(10-12)25(23,24)19-13-7-3-4-8-13/h5-6,9-11,13,15,19H,3-4,7-8H2,1-2H3,(H,18,20)(H,21,22). The fourth-order valence-corrected chi connectivity index (χ4v) is 4.22. The fourth-order valence-electron chi connectivity index (χ4n) is 2.87. The molecule has 1 aromatic carbocycles. The van der Waals surface area contributed by atoms with E-state index < -0.39 is 27.9 Å². The molecule has 7 nitrogen and oxygen atoms in total. The molecule has 1 amide bonds. The average molecular weight is 368 g/mol. The number of hydrogen-bond donors (Lipinski definition) is 3. The third-order valence-electron chi connectivity index (χ3n) is 4.30. The van der Waals surface area contributed by atoms with E-state index in [1.54, 1.807) is 13.8 Å². The first-order chi connectivity index (χ1) is 11.7. The van der Waals surface area contributed by atoms with Crippen LogP contribution in [0.3, 0.4) is 0 Å². The zero-order chi connectivity index (χ0) is 18.6. The Hall–Kier alpha value is -1.93. The normalized spacial score (nSPS) is 16.8. The van der Waals surface area contributed by atoms with Crippen LogP contribution in [0, 0.1) is 5.92 Å². The molecule has 0 aliphatic heterocycles. The summed E-state index contributed by atoms with van der Waals surface area (Å²) in [7, 11) is -3.71. The number of carbonyl (C=O) groups excluding carboxylic acids is 1. The molecule has 0 aromatic heterocycles. The summed E-state index contributed by atoms with van der Waals surface area (Å²) in [5.41, 5.74) is 0.112. The van der Waals surface area contributed by atoms with Crippen LogP contribution < -0.4 is 10.0 Å². The van der Waals surface area contributed by atoms with E-state index in [4.69, 9.17) is 5.11 Å². The van der Waals surface area contributed by atoms with Crippen LogP contribution in [-0.2, 0) is 14.8 Å². The van der Waals surface area contributed by atoms with E-state index in [2.05, 4.69) is 10.0 Å². The van der Waals surface area contributed by atoms with Crippen LogP contribution in [0.1, 0.15) is 49.9 Å². The number of rotatable bonds is 7. The summed E-state index contributed by atoms with van der Waals surface area (Å²) in [6, 6.07) is 4.52. The lowest BCUT2D eigenvalue weighted by Crippen LogP contribution is -2.44. The molecular formula is C17H24N2O5S. The Balaban J connectivity index is 2.17. The van der Waals surface area contributed by atoms with Crippen LogP contribution >= 0.6 is 0 Å². The van der Waals surface area contributed by atoms with Crippen LogP contribution in [0.5, 0.6) is 0 Å². The van der Waals surface area contributed by atoms with Crippen molar-refractivity contribution in [1.29, 1.82) is 0 Å². The summed E-state index contributed by atoms with van der Waals surface area (Å²) in [6.07, 6.45) is 3.63. The zero-order valence-corrected chi connectivity index (χ0v) is 15.2. The second-order valence-electron chi connectivity index (χ2n) is 6.66. The highest BCUT2D eigenvalue weighted by Crippen LogP contribution is 2.21. The van der Waals surface area contributed by atoms with Gasteiger partial charge < -0.3 is 10.4 Å². The smallest absolute Gasteiger partial charge is 0.326 e. The molecule has 2 rings (SSSR count). The highest BCUT2D eigenvalue weighted by molar-refractivity contribution is 7.89. The van der Waals surface area contributed by atoms with E-state index in [0.29, 0.717) is 0 Å². The summed E-state index contributed by atoms with van der Waals surface area (Å²) >= 11 is 0. The molecule has 1 aromatic rings. The Labute approximate surface area is 147 Å². The molecule has 3 N–H and O–H groups in total. The lowest BCUT2D eigenvalue weighted by atomic mass is 10.0. The first-order valence-corrected chi connectivity index (χ1v) is 9.85. The molecule has 8 heteroatoms. The van der Waals surface area contributed by atoms with E-state index >= 15 is 0 Å². The molecule has 0 radical (unpaired) electrons. The first kappa shape index (κ1) is 19.4. The van der Waals surface area contributed by atoms with Crippen molar-refractivity contribution in [1.82, 2.24) is 10.0 Å². The summed E-state index contributed by atoms with van der Waals surface area (Å²) in [6.45, 7) is 3.37. The second kappa shape index (κ2) is 7.97. The molecule has 0 heterocycles. The van der Waals surface area contributed by atoms with Gasteiger partial charge in [-0.1, -0.05) is 32.8 Å². The molecule has 0 spiro atoms. The Kier molecular flexibility index (Phi) is 6.18. The number of carboxylic acids is 1. The molecule has 0 saturated heterocycles. The highest BCUT2D eigenvalue weighted by Gasteiger charge is 2.26. The quantitative estimate of drug-likeness (QED) is 0.679. The predicted molar refractivity (Wildman–Crippen MR) is 92.7 cm³/mol. The van der Waals surface area contributed by atoms with Crippen LogP contribution in [0.2, 0.25) is 0 Å². The Morgan fingerprint density at radius 1 is 1.20 bits per heavy atom. The number of hydrogen-bond acceptors (Lipinski definition) is 4. The van der Waals surface area contributed by atoms with Crippen molar-refractivity contribution < 1.29 is 23.1 Å². The summed E-state index contributed by atoms with van der Waals surface area (Å²) in [4.78, 5) is 23.5. The van der Waals surface area contributed by atoms with Crippen LogP contribution in [-0.4, -0.2) is 37.5 Å². The number of benzene rings is 1. The van der Waals surface area contributed by atoms with Crippen molar-refractivity contribution in [3.8, 4) is 0 Å². The molecule has 0 bridgehead atoms. The molecule has 25 heavy (non-hydrogen) atoms. The minimum atomic E-state index is -3.71. The molecule has 1 unspecified atom stereocenters. The Morgan fingerprint density at radius 2 is 1.84 bits per heavy atom. The number of sulfonamides is 1. The topological polar surface area (TPSA) is 113 Å². The van der Waals surface area contributed by atoms with Gasteiger partial charge in [0.15, 0.2) is 0 Å². The molecule has 1 aliphatic rings. The maximum absolute atomic E-state index is 12.5. The van der Waals surface area contributed by atoms with Crippen molar-refractivity contribution in [2.24, 2.45) is 5.92 Å². The van der Waals surface area contributed by atoms with E-state index in [-0.39, 0.29) is 22.4 Å². The highest BCUT2D eigenvalue weighted by atomic mass is 32.2. The molecule has 1 saturated carbocycles. The molecule has 1 fully saturated rings. The Bertz CT molecular complexity index is 739. The third-order valence-corrected chi connectivity index (χ3v) is 5.82. The maximum Gasteiger partial charge on any atom is 0.326 e. The van der Waals surface area contributed by atoms with Gasteiger partial charge in [-0.25, -0.2) is 17.9 Å². The summed E-state index contributed by atoms with van der Waals surface area (Å²) < 4.78 is 27.6. The summed E-state index contributed by atoms with van der Waals surface area (Å²) in [5, 5.41) is 11.6. The van der Waals surface area contributed by atoms with Gasteiger partial charge in [0.25, 0.3) is 5.91 Å². The lowest BCUT2D eigenvalue weighted by molar-refractivity contribution is -0.140. The van der Waals surface area contributed by atoms with Gasteiger partial charge in [0.2, 0.25) is 10.0 Å². The van der Waals surface area contributed by atoms with Gasteiger partial charge in [-0.2, -0.15) is 0 Å². The number of carboxylic acid groups (broad SMARTS) is 1. The van der Waals surface area contributed by atoms with Gasteiger partial charge in [0.1, 0.15) is 6.04 Å². The van der Waals surface area contributed by atoms with Gasteiger partial charge >= 0.3 is 5.97 Å². The molecule has 138 valence electrons. The predicted octanol–water partition coefficient (Wildman–Crippen LogP) is 1.75. The number of carbonyl (C=O) groups is 2.